The quantitative estimate of drug-likeness (QED) is 0.898. The largest absolute Gasteiger partial charge is 0.508 e. The molecule has 0 radical (unpaired) electrons. The van der Waals surface area contributed by atoms with Gasteiger partial charge in [-0.05, 0) is 45.4 Å². The van der Waals surface area contributed by atoms with Crippen molar-refractivity contribution in [2.24, 2.45) is 0 Å². The zero-order valence-corrected chi connectivity index (χ0v) is 12.2. The van der Waals surface area contributed by atoms with Crippen molar-refractivity contribution < 1.29 is 9.50 Å². The first-order valence-corrected chi connectivity index (χ1v) is 6.66. The Morgan fingerprint density at radius 3 is 2.55 bits per heavy atom. The number of phenols is 1. The van der Waals surface area contributed by atoms with E-state index >= 15 is 0 Å². The van der Waals surface area contributed by atoms with Crippen LogP contribution in [0.1, 0.15) is 36.8 Å². The summed E-state index contributed by atoms with van der Waals surface area (Å²) in [5.41, 5.74) is 3.62. The summed E-state index contributed by atoms with van der Waals surface area (Å²) in [6.07, 6.45) is 0. The molecule has 1 aromatic heterocycles. The summed E-state index contributed by atoms with van der Waals surface area (Å²) in [5, 5.41) is 17.1. The first-order chi connectivity index (χ1) is 9.38. The maximum absolute atomic E-state index is 13.2. The maximum Gasteiger partial charge on any atom is 0.127 e. The number of benzene rings is 1. The Hall–Kier alpha value is -2.04. The molecule has 0 saturated heterocycles. The van der Waals surface area contributed by atoms with Gasteiger partial charge in [0, 0.05) is 18.7 Å². The molecule has 1 heterocycles. The first kappa shape index (κ1) is 14.4. The number of hydrogen-bond donors (Lipinski definition) is 2. The van der Waals surface area contributed by atoms with E-state index in [9.17, 15) is 9.50 Å². The highest BCUT2D eigenvalue weighted by Crippen LogP contribution is 2.23. The summed E-state index contributed by atoms with van der Waals surface area (Å²) in [4.78, 5) is 0. The minimum absolute atomic E-state index is 0.0619. The number of anilines is 1. The van der Waals surface area contributed by atoms with E-state index in [0.717, 1.165) is 23.1 Å². The number of nitrogens with zero attached hydrogens (tertiary/aromatic N) is 2. The van der Waals surface area contributed by atoms with Gasteiger partial charge in [-0.15, -0.1) is 0 Å². The second-order valence-corrected chi connectivity index (χ2v) is 5.26. The maximum atomic E-state index is 13.2. The number of aromatic nitrogens is 2. The van der Waals surface area contributed by atoms with Gasteiger partial charge in [-0.1, -0.05) is 0 Å². The number of hydrogen-bond acceptors (Lipinski definition) is 3. The molecular formula is C15H20FN3O. The Labute approximate surface area is 118 Å². The fourth-order valence-electron chi connectivity index (χ4n) is 2.35. The SMILES string of the molecule is Cc1nn(C(C)C)c(C)c1NCc1cc(O)cc(F)c1. The third-order valence-corrected chi connectivity index (χ3v) is 3.23. The van der Waals surface area contributed by atoms with Crippen LogP contribution in [-0.4, -0.2) is 14.9 Å². The Morgan fingerprint density at radius 1 is 1.30 bits per heavy atom. The molecule has 1 aromatic carbocycles. The number of aryl methyl sites for hydroxylation is 1. The molecule has 0 aliphatic rings. The van der Waals surface area contributed by atoms with Gasteiger partial charge in [0.15, 0.2) is 0 Å². The zero-order valence-electron chi connectivity index (χ0n) is 12.2. The highest BCUT2D eigenvalue weighted by molar-refractivity contribution is 5.52. The van der Waals surface area contributed by atoms with Crippen LogP contribution in [0.25, 0.3) is 0 Å². The Balaban J connectivity index is 2.19. The number of phenolic OH excluding ortho intramolecular Hbond substituents is 1. The van der Waals surface area contributed by atoms with Gasteiger partial charge in [0.25, 0.3) is 0 Å². The van der Waals surface area contributed by atoms with E-state index in [1.807, 2.05) is 18.5 Å². The van der Waals surface area contributed by atoms with Gasteiger partial charge in [-0.2, -0.15) is 5.10 Å². The van der Waals surface area contributed by atoms with Crippen LogP contribution < -0.4 is 5.32 Å². The summed E-state index contributed by atoms with van der Waals surface area (Å²) >= 11 is 0. The van der Waals surface area contributed by atoms with Gasteiger partial charge < -0.3 is 10.4 Å². The summed E-state index contributed by atoms with van der Waals surface area (Å²) < 4.78 is 15.2. The molecule has 0 amide bonds. The van der Waals surface area contributed by atoms with Crippen LogP contribution in [0.15, 0.2) is 18.2 Å². The van der Waals surface area contributed by atoms with E-state index < -0.39 is 5.82 Å². The Kier molecular flexibility index (Phi) is 3.97. The number of aromatic hydroxyl groups is 1. The van der Waals surface area contributed by atoms with Crippen molar-refractivity contribution in [2.45, 2.75) is 40.3 Å². The average molecular weight is 277 g/mol. The minimum Gasteiger partial charge on any atom is -0.508 e. The molecule has 0 aliphatic heterocycles. The molecule has 4 nitrogen and oxygen atoms in total. The highest BCUT2D eigenvalue weighted by atomic mass is 19.1. The van der Waals surface area contributed by atoms with Gasteiger partial charge in [-0.3, -0.25) is 4.68 Å². The van der Waals surface area contributed by atoms with Crippen molar-refractivity contribution in [2.75, 3.05) is 5.32 Å². The summed E-state index contributed by atoms with van der Waals surface area (Å²) in [7, 11) is 0. The molecule has 5 heteroatoms. The number of nitrogens with one attached hydrogen (secondary N) is 1. The fourth-order valence-corrected chi connectivity index (χ4v) is 2.35. The molecule has 0 aliphatic carbocycles. The van der Waals surface area contributed by atoms with E-state index in [1.54, 1.807) is 6.07 Å². The molecule has 2 aromatic rings. The molecule has 20 heavy (non-hydrogen) atoms. The van der Waals surface area contributed by atoms with Crippen LogP contribution in [0, 0.1) is 19.7 Å². The molecule has 0 saturated carbocycles. The van der Waals surface area contributed by atoms with E-state index in [2.05, 4.69) is 24.3 Å². The van der Waals surface area contributed by atoms with Crippen LogP contribution in [0.4, 0.5) is 10.1 Å². The second kappa shape index (κ2) is 5.53. The third kappa shape index (κ3) is 2.92. The van der Waals surface area contributed by atoms with Crippen molar-refractivity contribution >= 4 is 5.69 Å². The summed E-state index contributed by atoms with van der Waals surface area (Å²) in [6.45, 7) is 8.54. The lowest BCUT2D eigenvalue weighted by atomic mass is 10.2. The van der Waals surface area contributed by atoms with Crippen molar-refractivity contribution in [3.63, 3.8) is 0 Å². The third-order valence-electron chi connectivity index (χ3n) is 3.23. The lowest BCUT2D eigenvalue weighted by molar-refractivity contribution is 0.468. The highest BCUT2D eigenvalue weighted by Gasteiger charge is 2.13. The van der Waals surface area contributed by atoms with Crippen LogP contribution in [0.5, 0.6) is 5.75 Å². The fraction of sp³-hybridized carbons (Fsp3) is 0.400. The normalized spacial score (nSPS) is 11.1. The van der Waals surface area contributed by atoms with Gasteiger partial charge in [0.05, 0.1) is 17.1 Å². The van der Waals surface area contributed by atoms with Gasteiger partial charge in [0.2, 0.25) is 0 Å². The lowest BCUT2D eigenvalue weighted by Gasteiger charge is -2.10. The van der Waals surface area contributed by atoms with Gasteiger partial charge in [-0.25, -0.2) is 4.39 Å². The molecular weight excluding hydrogens is 257 g/mol. The van der Waals surface area contributed by atoms with E-state index in [-0.39, 0.29) is 5.75 Å². The number of halogens is 1. The van der Waals surface area contributed by atoms with Crippen LogP contribution in [0.2, 0.25) is 0 Å². The lowest BCUT2D eigenvalue weighted by Crippen LogP contribution is -2.06. The summed E-state index contributed by atoms with van der Waals surface area (Å²) in [5.74, 6) is -0.499. The number of rotatable bonds is 4. The van der Waals surface area contributed by atoms with Crippen molar-refractivity contribution in [3.8, 4) is 5.75 Å². The van der Waals surface area contributed by atoms with E-state index in [4.69, 9.17) is 0 Å². The standard InChI is InChI=1S/C15H20FN3O/c1-9(2)19-11(4)15(10(3)18-19)17-8-12-5-13(16)7-14(20)6-12/h5-7,9,17,20H,8H2,1-4H3. The average Bonchev–Trinajstić information content (AvgIpc) is 2.61. The Bertz CT molecular complexity index is 600. The predicted molar refractivity (Wildman–Crippen MR) is 77.5 cm³/mol. The first-order valence-electron chi connectivity index (χ1n) is 6.66. The molecule has 2 N–H and O–H groups in total. The zero-order chi connectivity index (χ0) is 14.9. The topological polar surface area (TPSA) is 50.1 Å². The predicted octanol–water partition coefficient (Wildman–Crippen LogP) is 3.54. The molecule has 0 unspecified atom stereocenters. The molecule has 0 fully saturated rings. The molecule has 0 atom stereocenters. The van der Waals surface area contributed by atoms with Crippen molar-refractivity contribution in [3.05, 3.63) is 41.0 Å². The van der Waals surface area contributed by atoms with Gasteiger partial charge in [0.1, 0.15) is 11.6 Å². The minimum atomic E-state index is -0.437. The molecule has 108 valence electrons. The molecule has 0 spiro atoms. The smallest absolute Gasteiger partial charge is 0.127 e. The van der Waals surface area contributed by atoms with Crippen LogP contribution in [0.3, 0.4) is 0 Å². The van der Waals surface area contributed by atoms with Crippen molar-refractivity contribution in [1.82, 2.24) is 9.78 Å². The Morgan fingerprint density at radius 2 is 2.00 bits per heavy atom. The van der Waals surface area contributed by atoms with Crippen LogP contribution >= 0.6 is 0 Å². The second-order valence-electron chi connectivity index (χ2n) is 5.26. The van der Waals surface area contributed by atoms with Crippen molar-refractivity contribution in [1.29, 1.82) is 0 Å². The molecule has 0 bridgehead atoms. The van der Waals surface area contributed by atoms with Gasteiger partial charge >= 0.3 is 0 Å². The van der Waals surface area contributed by atoms with E-state index in [0.29, 0.717) is 18.2 Å². The van der Waals surface area contributed by atoms with E-state index in [1.165, 1.54) is 6.07 Å². The van der Waals surface area contributed by atoms with Crippen LogP contribution in [-0.2, 0) is 6.54 Å². The monoisotopic (exact) mass is 277 g/mol. The molecule has 2 rings (SSSR count). The summed E-state index contributed by atoms with van der Waals surface area (Å²) in [6, 6.07) is 4.34.